The molecule has 1 N–H and O–H groups in total. The van der Waals surface area contributed by atoms with E-state index < -0.39 is 0 Å². The van der Waals surface area contributed by atoms with Crippen molar-refractivity contribution in [3.05, 3.63) is 18.2 Å². The Hall–Kier alpha value is -1.36. The third kappa shape index (κ3) is 2.18. The number of carbonyl (C=O) groups is 1. The smallest absolute Gasteiger partial charge is 0.224 e. The maximum Gasteiger partial charge on any atom is 0.224 e. The molecule has 3 fully saturated rings. The summed E-state index contributed by atoms with van der Waals surface area (Å²) in [5.74, 6) is 3.70. The Labute approximate surface area is 125 Å². The number of aromatic nitrogens is 2. The van der Waals surface area contributed by atoms with Crippen LogP contribution in [0.3, 0.4) is 0 Å². The van der Waals surface area contributed by atoms with E-state index in [1.165, 1.54) is 19.3 Å². The number of amides is 1. The molecule has 1 amide bonds. The van der Waals surface area contributed by atoms with Crippen LogP contribution in [0, 0.1) is 29.6 Å². The van der Waals surface area contributed by atoms with Crippen molar-refractivity contribution in [1.82, 2.24) is 14.9 Å². The van der Waals surface area contributed by atoms with Crippen molar-refractivity contribution in [3.63, 3.8) is 0 Å². The first-order chi connectivity index (χ1) is 10.3. The molecule has 1 heterocycles. The highest BCUT2D eigenvalue weighted by molar-refractivity contribution is 5.82. The molecule has 3 aliphatic rings. The lowest BCUT2D eigenvalue weighted by molar-refractivity contribution is -0.123. The lowest BCUT2D eigenvalue weighted by Gasteiger charge is -2.11. The van der Waals surface area contributed by atoms with Crippen LogP contribution in [-0.2, 0) is 22.6 Å². The number of imidazole rings is 1. The Morgan fingerprint density at radius 3 is 2.90 bits per heavy atom. The number of rotatable bonds is 6. The monoisotopic (exact) mass is 289 g/mol. The average Bonchev–Trinajstić information content (AvgIpc) is 2.85. The number of fused-ring (bicyclic) bond motifs is 5. The van der Waals surface area contributed by atoms with Crippen LogP contribution >= 0.6 is 0 Å². The molecule has 0 radical (unpaired) electrons. The average molecular weight is 289 g/mol. The molecule has 3 aliphatic carbocycles. The lowest BCUT2D eigenvalue weighted by atomic mass is 10.0. The van der Waals surface area contributed by atoms with Gasteiger partial charge >= 0.3 is 0 Å². The number of carbonyl (C=O) groups excluding carboxylic acids is 1. The van der Waals surface area contributed by atoms with E-state index in [9.17, 15) is 4.79 Å². The summed E-state index contributed by atoms with van der Waals surface area (Å²) in [5, 5.41) is 3.12. The van der Waals surface area contributed by atoms with Gasteiger partial charge in [-0.05, 0) is 42.9 Å². The minimum absolute atomic E-state index is 0.265. The van der Waals surface area contributed by atoms with Gasteiger partial charge in [0.1, 0.15) is 0 Å². The molecule has 0 aromatic carbocycles. The van der Waals surface area contributed by atoms with Gasteiger partial charge in [-0.2, -0.15) is 0 Å². The van der Waals surface area contributed by atoms with Gasteiger partial charge in [0, 0.05) is 25.8 Å². The van der Waals surface area contributed by atoms with Crippen molar-refractivity contribution in [2.24, 2.45) is 29.6 Å². The Kier molecular flexibility index (Phi) is 3.25. The van der Waals surface area contributed by atoms with Crippen molar-refractivity contribution >= 4 is 5.91 Å². The number of ether oxygens (including phenoxy) is 1. The fraction of sp³-hybridized carbons (Fsp3) is 0.750. The summed E-state index contributed by atoms with van der Waals surface area (Å²) in [6, 6.07) is 0. The number of nitrogens with zero attached hydrogens (tertiary/aromatic N) is 2. The third-order valence-electron chi connectivity index (χ3n) is 5.82. The molecule has 2 bridgehead atoms. The van der Waals surface area contributed by atoms with E-state index in [1.807, 2.05) is 10.8 Å². The minimum Gasteiger partial charge on any atom is -0.383 e. The number of hydrogen-bond acceptors (Lipinski definition) is 3. The quantitative estimate of drug-likeness (QED) is 0.862. The lowest BCUT2D eigenvalue weighted by Crippen LogP contribution is -2.28. The zero-order valence-electron chi connectivity index (χ0n) is 12.5. The molecule has 1 aromatic heterocycles. The highest BCUT2D eigenvalue weighted by Gasteiger charge is 2.67. The van der Waals surface area contributed by atoms with E-state index in [1.54, 1.807) is 13.4 Å². The second-order valence-electron chi connectivity index (χ2n) is 6.80. The summed E-state index contributed by atoms with van der Waals surface area (Å²) >= 11 is 0. The molecule has 0 aliphatic heterocycles. The first kappa shape index (κ1) is 13.3. The van der Waals surface area contributed by atoms with Crippen molar-refractivity contribution in [3.8, 4) is 0 Å². The molecule has 114 valence electrons. The molecule has 3 saturated carbocycles. The second kappa shape index (κ2) is 5.13. The zero-order chi connectivity index (χ0) is 14.4. The summed E-state index contributed by atoms with van der Waals surface area (Å²) in [6.07, 6.45) is 7.74. The van der Waals surface area contributed by atoms with E-state index >= 15 is 0 Å². The minimum atomic E-state index is 0.265. The predicted molar refractivity (Wildman–Crippen MR) is 77.3 cm³/mol. The molecule has 0 saturated heterocycles. The van der Waals surface area contributed by atoms with Gasteiger partial charge < -0.3 is 14.6 Å². The van der Waals surface area contributed by atoms with Gasteiger partial charge in [-0.15, -0.1) is 0 Å². The van der Waals surface area contributed by atoms with Crippen LogP contribution in [0.5, 0.6) is 0 Å². The van der Waals surface area contributed by atoms with Crippen LogP contribution in [0.25, 0.3) is 0 Å². The van der Waals surface area contributed by atoms with Gasteiger partial charge in [0.15, 0.2) is 0 Å². The largest absolute Gasteiger partial charge is 0.383 e. The Morgan fingerprint density at radius 2 is 2.19 bits per heavy atom. The maximum atomic E-state index is 12.4. The summed E-state index contributed by atoms with van der Waals surface area (Å²) in [6.45, 7) is 2.02. The van der Waals surface area contributed by atoms with Crippen LogP contribution < -0.4 is 5.32 Å². The van der Waals surface area contributed by atoms with Gasteiger partial charge in [-0.3, -0.25) is 4.79 Å². The zero-order valence-corrected chi connectivity index (χ0v) is 12.5. The van der Waals surface area contributed by atoms with Crippen molar-refractivity contribution in [2.75, 3.05) is 13.7 Å². The highest BCUT2D eigenvalue weighted by Crippen LogP contribution is 2.69. The number of hydrogen-bond donors (Lipinski definition) is 1. The summed E-state index contributed by atoms with van der Waals surface area (Å²) < 4.78 is 7.13. The Bertz CT molecular complexity index is 525. The molecule has 5 nitrogen and oxygen atoms in total. The molecule has 5 atom stereocenters. The maximum absolute atomic E-state index is 12.4. The van der Waals surface area contributed by atoms with Crippen LogP contribution in [0.2, 0.25) is 0 Å². The summed E-state index contributed by atoms with van der Waals surface area (Å²) in [5.41, 5.74) is 1.05. The first-order valence-corrected chi connectivity index (χ1v) is 8.05. The molecule has 5 heteroatoms. The van der Waals surface area contributed by atoms with Crippen molar-refractivity contribution in [2.45, 2.75) is 32.4 Å². The van der Waals surface area contributed by atoms with Crippen molar-refractivity contribution < 1.29 is 9.53 Å². The van der Waals surface area contributed by atoms with Crippen LogP contribution in [0.1, 0.15) is 25.0 Å². The van der Waals surface area contributed by atoms with Crippen LogP contribution in [0.15, 0.2) is 12.5 Å². The molecule has 0 spiro atoms. The number of nitrogens with one attached hydrogen (secondary N) is 1. The van der Waals surface area contributed by atoms with E-state index in [0.717, 1.165) is 24.1 Å². The number of methoxy groups -OCH3 is 1. The second-order valence-corrected chi connectivity index (χ2v) is 6.80. The van der Waals surface area contributed by atoms with E-state index in [0.29, 0.717) is 30.9 Å². The van der Waals surface area contributed by atoms with Gasteiger partial charge in [-0.1, -0.05) is 0 Å². The summed E-state index contributed by atoms with van der Waals surface area (Å²) in [7, 11) is 1.69. The topological polar surface area (TPSA) is 56.1 Å². The molecule has 21 heavy (non-hydrogen) atoms. The molecular weight excluding hydrogens is 266 g/mol. The third-order valence-corrected chi connectivity index (χ3v) is 5.82. The van der Waals surface area contributed by atoms with Gasteiger partial charge in [0.05, 0.1) is 25.2 Å². The molecular formula is C16H23N3O2. The van der Waals surface area contributed by atoms with Gasteiger partial charge in [-0.25, -0.2) is 4.98 Å². The molecule has 1 unspecified atom stereocenters. The SMILES string of the molecule is COCCn1cncc1CNC(=O)C1[C@@H]2[C@H]3CC[C@H](C3)[C@H]12. The fourth-order valence-corrected chi connectivity index (χ4v) is 4.86. The molecule has 4 rings (SSSR count). The van der Waals surface area contributed by atoms with Gasteiger partial charge in [0.25, 0.3) is 0 Å². The Morgan fingerprint density at radius 1 is 1.43 bits per heavy atom. The first-order valence-electron chi connectivity index (χ1n) is 8.05. The van der Waals surface area contributed by atoms with Crippen LogP contribution in [-0.4, -0.2) is 29.2 Å². The fourth-order valence-electron chi connectivity index (χ4n) is 4.86. The summed E-state index contributed by atoms with van der Waals surface area (Å²) in [4.78, 5) is 16.6. The predicted octanol–water partition coefficient (Wildman–Crippen LogP) is 1.44. The highest BCUT2D eigenvalue weighted by atomic mass is 16.5. The van der Waals surface area contributed by atoms with E-state index in [4.69, 9.17) is 4.74 Å². The normalized spacial score (nSPS) is 35.8. The van der Waals surface area contributed by atoms with Gasteiger partial charge in [0.2, 0.25) is 5.91 Å². The van der Waals surface area contributed by atoms with E-state index in [2.05, 4.69) is 10.3 Å². The molecule has 1 aromatic rings. The van der Waals surface area contributed by atoms with Crippen molar-refractivity contribution in [1.29, 1.82) is 0 Å². The standard InChI is InChI=1S/C16H23N3O2/c1-21-5-4-19-9-17-7-12(19)8-18-16(20)15-13-10-2-3-11(6-10)14(13)15/h7,9-11,13-15H,2-6,8H2,1H3,(H,18,20)/t10-,11+,13+,14-,15?. The van der Waals surface area contributed by atoms with E-state index in [-0.39, 0.29) is 5.91 Å². The van der Waals surface area contributed by atoms with Crippen LogP contribution in [0.4, 0.5) is 0 Å². The Balaban J connectivity index is 1.32.